The highest BCUT2D eigenvalue weighted by Crippen LogP contribution is 2.43. The highest BCUT2D eigenvalue weighted by Gasteiger charge is 2.17. The Balaban J connectivity index is 1.76. The Kier molecular flexibility index (Phi) is 7.74. The Hall–Kier alpha value is -4.05. The van der Waals surface area contributed by atoms with Gasteiger partial charge in [-0.1, -0.05) is 62.4 Å². The van der Waals surface area contributed by atoms with Gasteiger partial charge in [0.15, 0.2) is 0 Å². The van der Waals surface area contributed by atoms with E-state index in [9.17, 15) is 4.79 Å². The molecule has 0 unspecified atom stereocenters. The van der Waals surface area contributed by atoms with Crippen LogP contribution >= 0.6 is 0 Å². The van der Waals surface area contributed by atoms with E-state index in [0.29, 0.717) is 17.9 Å². The molecule has 0 heterocycles. The van der Waals surface area contributed by atoms with Gasteiger partial charge in [-0.2, -0.15) is 0 Å². The van der Waals surface area contributed by atoms with Crippen molar-refractivity contribution >= 4 is 22.8 Å². The molecule has 4 aromatic rings. The minimum atomic E-state index is -0.276. The van der Waals surface area contributed by atoms with Crippen LogP contribution in [0.4, 0.5) is 0 Å². The van der Waals surface area contributed by atoms with Crippen LogP contribution in [0.15, 0.2) is 84.4 Å². The summed E-state index contributed by atoms with van der Waals surface area (Å²) in [7, 11) is 1.67. The number of esters is 1. The smallest absolute Gasteiger partial charge is 0.334 e. The molecule has 0 atom stereocenters. The molecule has 0 aliphatic heterocycles. The number of methoxy groups -OCH3 is 1. The molecule has 0 aromatic heterocycles. The maximum absolute atomic E-state index is 12.3. The maximum atomic E-state index is 12.3. The van der Waals surface area contributed by atoms with Gasteiger partial charge in [0, 0.05) is 16.5 Å². The Labute approximate surface area is 213 Å². The van der Waals surface area contributed by atoms with Crippen LogP contribution < -0.4 is 9.47 Å². The number of hydrogen-bond donors (Lipinski definition) is 0. The molecule has 0 aliphatic rings. The molecule has 184 valence electrons. The molecule has 0 bridgehead atoms. The van der Waals surface area contributed by atoms with E-state index in [1.165, 1.54) is 0 Å². The average Bonchev–Trinajstić information content (AvgIpc) is 2.88. The molecule has 0 aliphatic carbocycles. The summed E-state index contributed by atoms with van der Waals surface area (Å²) in [5.41, 5.74) is 4.84. The number of carbonyl (C=O) groups excluding carboxylic acids is 1. The third kappa shape index (κ3) is 5.44. The van der Waals surface area contributed by atoms with Crippen molar-refractivity contribution in [3.8, 4) is 28.4 Å². The highest BCUT2D eigenvalue weighted by atomic mass is 16.5. The monoisotopic (exact) mass is 480 g/mol. The lowest BCUT2D eigenvalue weighted by atomic mass is 9.94. The zero-order valence-corrected chi connectivity index (χ0v) is 21.5. The van der Waals surface area contributed by atoms with E-state index in [1.54, 1.807) is 7.11 Å². The van der Waals surface area contributed by atoms with Gasteiger partial charge < -0.3 is 14.2 Å². The SMILES string of the molecule is CCOC(=O)C(=Cc1ccc(Oc2c(-c3ccccc3)c(C)cc3cc(OC)ccc23)cc1)C(C)C. The minimum absolute atomic E-state index is 0.0593. The van der Waals surface area contributed by atoms with Crippen LogP contribution in [0.3, 0.4) is 0 Å². The van der Waals surface area contributed by atoms with E-state index < -0.39 is 0 Å². The second kappa shape index (κ2) is 11.1. The Morgan fingerprint density at radius 3 is 2.25 bits per heavy atom. The fourth-order valence-electron chi connectivity index (χ4n) is 4.29. The molecule has 0 spiro atoms. The molecular weight excluding hydrogens is 448 g/mol. The van der Waals surface area contributed by atoms with Crippen molar-refractivity contribution in [2.24, 2.45) is 5.92 Å². The number of rotatable bonds is 8. The van der Waals surface area contributed by atoms with Crippen LogP contribution in [-0.2, 0) is 9.53 Å². The topological polar surface area (TPSA) is 44.8 Å². The molecule has 4 heteroatoms. The van der Waals surface area contributed by atoms with Crippen molar-refractivity contribution in [1.82, 2.24) is 0 Å². The van der Waals surface area contributed by atoms with E-state index in [-0.39, 0.29) is 11.9 Å². The molecule has 4 aromatic carbocycles. The predicted molar refractivity (Wildman–Crippen MR) is 147 cm³/mol. The molecule has 4 rings (SSSR count). The van der Waals surface area contributed by atoms with E-state index in [4.69, 9.17) is 14.2 Å². The van der Waals surface area contributed by atoms with Gasteiger partial charge in [0.05, 0.1) is 13.7 Å². The third-order valence-corrected chi connectivity index (χ3v) is 6.11. The summed E-state index contributed by atoms with van der Waals surface area (Å²) in [6.07, 6.45) is 1.89. The van der Waals surface area contributed by atoms with Gasteiger partial charge in [0.25, 0.3) is 0 Å². The molecule has 0 radical (unpaired) electrons. The molecule has 0 amide bonds. The number of carbonyl (C=O) groups is 1. The van der Waals surface area contributed by atoms with E-state index in [0.717, 1.165) is 44.5 Å². The fourth-order valence-corrected chi connectivity index (χ4v) is 4.29. The Morgan fingerprint density at radius 2 is 1.61 bits per heavy atom. The first-order valence-corrected chi connectivity index (χ1v) is 12.2. The van der Waals surface area contributed by atoms with Crippen molar-refractivity contribution in [3.05, 3.63) is 95.6 Å². The van der Waals surface area contributed by atoms with Gasteiger partial charge in [-0.05, 0) is 78.2 Å². The van der Waals surface area contributed by atoms with Crippen LogP contribution in [0.2, 0.25) is 0 Å². The van der Waals surface area contributed by atoms with Gasteiger partial charge in [-0.25, -0.2) is 4.79 Å². The number of fused-ring (bicyclic) bond motifs is 1. The van der Waals surface area contributed by atoms with Crippen molar-refractivity contribution in [2.75, 3.05) is 13.7 Å². The maximum Gasteiger partial charge on any atom is 0.334 e. The zero-order chi connectivity index (χ0) is 25.7. The van der Waals surface area contributed by atoms with E-state index in [1.807, 2.05) is 87.5 Å². The highest BCUT2D eigenvalue weighted by molar-refractivity contribution is 5.98. The van der Waals surface area contributed by atoms with Crippen LogP contribution in [0.25, 0.3) is 28.0 Å². The summed E-state index contributed by atoms with van der Waals surface area (Å²) in [4.78, 5) is 12.3. The molecule has 0 saturated heterocycles. The Morgan fingerprint density at radius 1 is 0.917 bits per heavy atom. The number of ether oxygens (including phenoxy) is 3. The normalized spacial score (nSPS) is 11.6. The first-order chi connectivity index (χ1) is 17.4. The number of benzene rings is 4. The van der Waals surface area contributed by atoms with Crippen molar-refractivity contribution in [1.29, 1.82) is 0 Å². The predicted octanol–water partition coefficient (Wildman–Crippen LogP) is 8.22. The second-order valence-corrected chi connectivity index (χ2v) is 9.00. The van der Waals surface area contributed by atoms with E-state index in [2.05, 4.69) is 25.1 Å². The lowest BCUT2D eigenvalue weighted by Gasteiger charge is -2.18. The van der Waals surface area contributed by atoms with Crippen LogP contribution in [-0.4, -0.2) is 19.7 Å². The quantitative estimate of drug-likeness (QED) is 0.188. The summed E-state index contributed by atoms with van der Waals surface area (Å²) in [6.45, 7) is 8.25. The van der Waals surface area contributed by atoms with Crippen molar-refractivity contribution in [2.45, 2.75) is 27.7 Å². The van der Waals surface area contributed by atoms with Gasteiger partial charge in [0.1, 0.15) is 17.2 Å². The number of hydrogen-bond acceptors (Lipinski definition) is 4. The fraction of sp³-hybridized carbons (Fsp3) is 0.219. The summed E-state index contributed by atoms with van der Waals surface area (Å²) in [5, 5.41) is 2.06. The molecule has 0 fully saturated rings. The van der Waals surface area contributed by atoms with Gasteiger partial charge in [-0.15, -0.1) is 0 Å². The van der Waals surface area contributed by atoms with Gasteiger partial charge in [0.2, 0.25) is 0 Å². The molecule has 0 saturated carbocycles. The minimum Gasteiger partial charge on any atom is -0.497 e. The lowest BCUT2D eigenvalue weighted by molar-refractivity contribution is -0.138. The standard InChI is InChI=1S/C32H32O4/c1-6-35-32(33)29(21(2)3)19-23-12-14-26(15-13-23)36-31-28-17-16-27(34-5)20-25(28)18-22(4)30(31)24-10-8-7-9-11-24/h7-21H,6H2,1-5H3. The zero-order valence-electron chi connectivity index (χ0n) is 21.5. The molecule has 36 heavy (non-hydrogen) atoms. The largest absolute Gasteiger partial charge is 0.497 e. The first-order valence-electron chi connectivity index (χ1n) is 12.2. The van der Waals surface area contributed by atoms with Crippen molar-refractivity contribution < 1.29 is 19.0 Å². The van der Waals surface area contributed by atoms with Crippen LogP contribution in [0.1, 0.15) is 31.9 Å². The van der Waals surface area contributed by atoms with Crippen molar-refractivity contribution in [3.63, 3.8) is 0 Å². The molecule has 4 nitrogen and oxygen atoms in total. The average molecular weight is 481 g/mol. The molecule has 0 N–H and O–H groups in total. The lowest BCUT2D eigenvalue weighted by Crippen LogP contribution is -2.12. The Bertz CT molecular complexity index is 1380. The summed E-state index contributed by atoms with van der Waals surface area (Å²) in [6, 6.07) is 26.3. The van der Waals surface area contributed by atoms with Crippen LogP contribution in [0.5, 0.6) is 17.2 Å². The van der Waals surface area contributed by atoms with Gasteiger partial charge >= 0.3 is 5.97 Å². The summed E-state index contributed by atoms with van der Waals surface area (Å²) < 4.78 is 17.2. The summed E-state index contributed by atoms with van der Waals surface area (Å²) >= 11 is 0. The first kappa shape index (κ1) is 25.1. The number of aryl methyl sites for hydroxylation is 1. The second-order valence-electron chi connectivity index (χ2n) is 9.00. The van der Waals surface area contributed by atoms with Crippen LogP contribution in [0, 0.1) is 12.8 Å². The van der Waals surface area contributed by atoms with E-state index >= 15 is 0 Å². The summed E-state index contributed by atoms with van der Waals surface area (Å²) in [5.74, 6) is 2.11. The third-order valence-electron chi connectivity index (χ3n) is 6.11. The van der Waals surface area contributed by atoms with Gasteiger partial charge in [-0.3, -0.25) is 0 Å². The molecular formula is C32H32O4.